The molecule has 2 unspecified atom stereocenters. The fourth-order valence-corrected chi connectivity index (χ4v) is 3.82. The Labute approximate surface area is 188 Å². The number of aromatic nitrogens is 1. The number of hydrogen-bond acceptors (Lipinski definition) is 8. The summed E-state index contributed by atoms with van der Waals surface area (Å²) in [7, 11) is 1.29. The van der Waals surface area contributed by atoms with Gasteiger partial charge in [0.1, 0.15) is 17.4 Å². The first-order valence-electron chi connectivity index (χ1n) is 10.5. The number of H-pyrrole nitrogens is 1. The molecule has 9 nitrogen and oxygen atoms in total. The first-order chi connectivity index (χ1) is 14.7. The number of carbonyl (C=O) groups excluding carboxylic acids is 4. The molecule has 1 saturated heterocycles. The zero-order chi connectivity index (χ0) is 24.4. The Kier molecular flexibility index (Phi) is 7.42. The van der Waals surface area contributed by atoms with Crippen molar-refractivity contribution < 1.29 is 38.1 Å². The molecule has 1 aliphatic heterocycles. The molecule has 1 aromatic heterocycles. The molecule has 2 atom stereocenters. The maximum Gasteiger partial charge on any atom is 0.355 e. The van der Waals surface area contributed by atoms with Crippen LogP contribution in [0, 0.1) is 12.3 Å². The summed E-state index contributed by atoms with van der Waals surface area (Å²) in [6.45, 7) is 12.0. The third kappa shape index (κ3) is 5.89. The molecule has 0 bridgehead atoms. The molecule has 32 heavy (non-hydrogen) atoms. The lowest BCUT2D eigenvalue weighted by Crippen LogP contribution is -2.34. The van der Waals surface area contributed by atoms with E-state index in [-0.39, 0.29) is 30.9 Å². The fourth-order valence-electron chi connectivity index (χ4n) is 3.82. The quantitative estimate of drug-likeness (QED) is 0.495. The van der Waals surface area contributed by atoms with Gasteiger partial charge in [-0.1, -0.05) is 13.8 Å². The van der Waals surface area contributed by atoms with Crippen molar-refractivity contribution in [2.45, 2.75) is 85.5 Å². The van der Waals surface area contributed by atoms with Crippen LogP contribution in [0.25, 0.3) is 0 Å². The highest BCUT2D eigenvalue weighted by Crippen LogP contribution is 2.44. The molecule has 1 aromatic rings. The van der Waals surface area contributed by atoms with Gasteiger partial charge in [0.15, 0.2) is 6.10 Å². The number of cyclic esters (lactones) is 1. The Balaban J connectivity index is 2.58. The highest BCUT2D eigenvalue weighted by Gasteiger charge is 2.49. The second-order valence-corrected chi connectivity index (χ2v) is 9.70. The molecule has 1 aliphatic rings. The Morgan fingerprint density at radius 1 is 1.25 bits per heavy atom. The van der Waals surface area contributed by atoms with Gasteiger partial charge in [-0.2, -0.15) is 0 Å². The van der Waals surface area contributed by atoms with Crippen molar-refractivity contribution >= 4 is 23.9 Å². The first kappa shape index (κ1) is 25.4. The average Bonchev–Trinajstić information content (AvgIpc) is 3.11. The molecule has 0 aliphatic carbocycles. The van der Waals surface area contributed by atoms with Gasteiger partial charge in [0, 0.05) is 18.8 Å². The standard InChI is InChI=1S/C23H33NO8/c1-12-14(9-10-15(26)29-8)18(21(28)32-22(3,4)5)24-17(12)19(30-13(2)25)20-23(6,7)11-16(27)31-20/h19-20,24H,9-11H2,1-8H3. The third-order valence-corrected chi connectivity index (χ3v) is 5.31. The first-order valence-corrected chi connectivity index (χ1v) is 10.5. The zero-order valence-corrected chi connectivity index (χ0v) is 20.0. The van der Waals surface area contributed by atoms with Gasteiger partial charge in [-0.05, 0) is 45.2 Å². The lowest BCUT2D eigenvalue weighted by molar-refractivity contribution is -0.164. The topological polar surface area (TPSA) is 121 Å². The van der Waals surface area contributed by atoms with Crippen molar-refractivity contribution in [1.82, 2.24) is 4.98 Å². The third-order valence-electron chi connectivity index (χ3n) is 5.31. The monoisotopic (exact) mass is 451 g/mol. The molecule has 0 radical (unpaired) electrons. The Morgan fingerprint density at radius 2 is 1.88 bits per heavy atom. The van der Waals surface area contributed by atoms with Crippen LogP contribution in [0.5, 0.6) is 0 Å². The highest BCUT2D eigenvalue weighted by molar-refractivity contribution is 5.90. The summed E-state index contributed by atoms with van der Waals surface area (Å²) < 4.78 is 21.4. The van der Waals surface area contributed by atoms with E-state index < -0.39 is 41.1 Å². The van der Waals surface area contributed by atoms with Gasteiger partial charge >= 0.3 is 23.9 Å². The second kappa shape index (κ2) is 9.34. The van der Waals surface area contributed by atoms with E-state index in [9.17, 15) is 19.2 Å². The van der Waals surface area contributed by atoms with Crippen molar-refractivity contribution in [3.05, 3.63) is 22.5 Å². The van der Waals surface area contributed by atoms with E-state index in [0.29, 0.717) is 16.8 Å². The van der Waals surface area contributed by atoms with Crippen molar-refractivity contribution in [3.8, 4) is 0 Å². The lowest BCUT2D eigenvalue weighted by atomic mass is 9.81. The summed E-state index contributed by atoms with van der Waals surface area (Å²) in [6.07, 6.45) is -1.28. The molecule has 178 valence electrons. The summed E-state index contributed by atoms with van der Waals surface area (Å²) in [5.74, 6) is -1.97. The summed E-state index contributed by atoms with van der Waals surface area (Å²) in [6, 6.07) is 0. The van der Waals surface area contributed by atoms with E-state index in [0.717, 1.165) is 0 Å². The molecular weight excluding hydrogens is 418 g/mol. The summed E-state index contributed by atoms with van der Waals surface area (Å²) in [4.78, 5) is 51.7. The lowest BCUT2D eigenvalue weighted by Gasteiger charge is -2.30. The molecular formula is C23H33NO8. The molecule has 0 saturated carbocycles. The minimum absolute atomic E-state index is 0.0482. The average molecular weight is 452 g/mol. The van der Waals surface area contributed by atoms with E-state index in [1.807, 2.05) is 13.8 Å². The van der Waals surface area contributed by atoms with E-state index in [1.54, 1.807) is 27.7 Å². The van der Waals surface area contributed by atoms with Crippen molar-refractivity contribution in [2.24, 2.45) is 5.41 Å². The van der Waals surface area contributed by atoms with E-state index >= 15 is 0 Å². The fraction of sp³-hybridized carbons (Fsp3) is 0.652. The second-order valence-electron chi connectivity index (χ2n) is 9.70. The SMILES string of the molecule is COC(=O)CCc1c(C(=O)OC(C)(C)C)[nH]c(C(OC(C)=O)C2OC(=O)CC2(C)C)c1C. The van der Waals surface area contributed by atoms with E-state index in [1.165, 1.54) is 14.0 Å². The maximum atomic E-state index is 12.9. The predicted molar refractivity (Wildman–Crippen MR) is 114 cm³/mol. The highest BCUT2D eigenvalue weighted by atomic mass is 16.6. The summed E-state index contributed by atoms with van der Waals surface area (Å²) in [5, 5.41) is 0. The Hall–Kier alpha value is -2.84. The molecule has 0 spiro atoms. The Morgan fingerprint density at radius 3 is 2.34 bits per heavy atom. The van der Waals surface area contributed by atoms with Crippen molar-refractivity contribution in [1.29, 1.82) is 0 Å². The van der Waals surface area contributed by atoms with Gasteiger partial charge in [-0.15, -0.1) is 0 Å². The molecule has 2 heterocycles. The summed E-state index contributed by atoms with van der Waals surface area (Å²) in [5.41, 5.74) is 0.421. The van der Waals surface area contributed by atoms with Crippen LogP contribution in [-0.2, 0) is 39.8 Å². The number of carbonyl (C=O) groups is 4. The normalized spacial score (nSPS) is 18.6. The molecule has 1 N–H and O–H groups in total. The molecule has 2 rings (SSSR count). The van der Waals surface area contributed by atoms with Crippen LogP contribution in [0.3, 0.4) is 0 Å². The summed E-state index contributed by atoms with van der Waals surface area (Å²) >= 11 is 0. The number of methoxy groups -OCH3 is 1. The number of esters is 4. The van der Waals surface area contributed by atoms with Crippen LogP contribution in [0.2, 0.25) is 0 Å². The smallest absolute Gasteiger partial charge is 0.355 e. The number of hydrogen-bond donors (Lipinski definition) is 1. The number of ether oxygens (including phenoxy) is 4. The number of rotatable bonds is 7. The van der Waals surface area contributed by atoms with Crippen LogP contribution >= 0.6 is 0 Å². The van der Waals surface area contributed by atoms with Gasteiger partial charge in [0.05, 0.1) is 19.2 Å². The zero-order valence-electron chi connectivity index (χ0n) is 20.0. The van der Waals surface area contributed by atoms with Crippen LogP contribution in [0.4, 0.5) is 0 Å². The van der Waals surface area contributed by atoms with E-state index in [4.69, 9.17) is 18.9 Å². The maximum absolute atomic E-state index is 12.9. The van der Waals surface area contributed by atoms with Crippen LogP contribution in [-0.4, -0.2) is 47.7 Å². The van der Waals surface area contributed by atoms with Crippen LogP contribution in [0.1, 0.15) is 87.8 Å². The van der Waals surface area contributed by atoms with Crippen molar-refractivity contribution in [3.63, 3.8) is 0 Å². The van der Waals surface area contributed by atoms with Crippen molar-refractivity contribution in [2.75, 3.05) is 7.11 Å². The minimum atomic E-state index is -0.956. The molecule has 1 fully saturated rings. The molecule has 9 heteroatoms. The van der Waals surface area contributed by atoms with Gasteiger partial charge in [0.2, 0.25) is 0 Å². The largest absolute Gasteiger partial charge is 0.469 e. The van der Waals surface area contributed by atoms with Gasteiger partial charge in [-0.3, -0.25) is 14.4 Å². The Bertz CT molecular complexity index is 906. The van der Waals surface area contributed by atoms with Crippen LogP contribution < -0.4 is 0 Å². The van der Waals surface area contributed by atoms with E-state index in [2.05, 4.69) is 4.98 Å². The molecule has 0 aromatic carbocycles. The van der Waals surface area contributed by atoms with Gasteiger partial charge in [-0.25, -0.2) is 4.79 Å². The number of aromatic amines is 1. The van der Waals surface area contributed by atoms with Crippen LogP contribution in [0.15, 0.2) is 0 Å². The van der Waals surface area contributed by atoms with Gasteiger partial charge < -0.3 is 23.9 Å². The molecule has 0 amide bonds. The predicted octanol–water partition coefficient (Wildman–Crippen LogP) is 3.33. The van der Waals surface area contributed by atoms with Gasteiger partial charge in [0.25, 0.3) is 0 Å². The minimum Gasteiger partial charge on any atom is -0.469 e. The number of nitrogens with one attached hydrogen (secondary N) is 1.